The second-order valence-corrected chi connectivity index (χ2v) is 6.85. The molecule has 0 aliphatic rings. The maximum absolute atomic E-state index is 12.5. The lowest BCUT2D eigenvalue weighted by molar-refractivity contribution is 0.0951. The van der Waals surface area contributed by atoms with E-state index in [1.165, 1.54) is 5.56 Å². The Hall–Kier alpha value is -3.47. The van der Waals surface area contributed by atoms with Crippen LogP contribution in [0.15, 0.2) is 73.1 Å². The third-order valence-corrected chi connectivity index (χ3v) is 4.42. The van der Waals surface area contributed by atoms with Crippen molar-refractivity contribution < 1.29 is 9.59 Å². The van der Waals surface area contributed by atoms with Crippen LogP contribution in [0.5, 0.6) is 0 Å². The molecule has 0 spiro atoms. The van der Waals surface area contributed by atoms with Crippen LogP contribution in [0, 0.1) is 0 Å². The zero-order valence-corrected chi connectivity index (χ0v) is 16.0. The second kappa shape index (κ2) is 8.95. The summed E-state index contributed by atoms with van der Waals surface area (Å²) in [5.41, 5.74) is 3.77. The summed E-state index contributed by atoms with van der Waals surface area (Å²) in [7, 11) is 0. The zero-order valence-electron chi connectivity index (χ0n) is 16.0. The van der Waals surface area contributed by atoms with E-state index >= 15 is 0 Å². The minimum absolute atomic E-state index is 0.229. The first-order chi connectivity index (χ1) is 13.5. The van der Waals surface area contributed by atoms with E-state index in [1.54, 1.807) is 36.7 Å². The van der Waals surface area contributed by atoms with E-state index in [4.69, 9.17) is 0 Å². The van der Waals surface area contributed by atoms with Gasteiger partial charge in [0, 0.05) is 35.8 Å². The highest BCUT2D eigenvalue weighted by atomic mass is 16.2. The van der Waals surface area contributed by atoms with Gasteiger partial charge in [0.05, 0.1) is 0 Å². The molecule has 2 aromatic carbocycles. The Morgan fingerprint density at radius 1 is 0.893 bits per heavy atom. The molecule has 5 heteroatoms. The predicted molar refractivity (Wildman–Crippen MR) is 110 cm³/mol. The van der Waals surface area contributed by atoms with Crippen LogP contribution in [0.3, 0.4) is 0 Å². The number of nitrogens with zero attached hydrogens (tertiary/aromatic N) is 1. The number of benzene rings is 2. The van der Waals surface area contributed by atoms with Gasteiger partial charge in [-0.25, -0.2) is 0 Å². The quantitative estimate of drug-likeness (QED) is 0.673. The molecule has 2 N–H and O–H groups in total. The van der Waals surface area contributed by atoms with E-state index in [0.717, 1.165) is 11.3 Å². The summed E-state index contributed by atoms with van der Waals surface area (Å²) < 4.78 is 0. The van der Waals surface area contributed by atoms with Crippen LogP contribution in [-0.2, 0) is 6.54 Å². The molecule has 0 unspecified atom stereocenters. The summed E-state index contributed by atoms with van der Waals surface area (Å²) in [6.45, 7) is 4.65. The van der Waals surface area contributed by atoms with Crippen molar-refractivity contribution in [2.24, 2.45) is 0 Å². The fraction of sp³-hybridized carbons (Fsp3) is 0.174. The second-order valence-electron chi connectivity index (χ2n) is 6.85. The van der Waals surface area contributed by atoms with Crippen molar-refractivity contribution in [3.63, 3.8) is 0 Å². The molecule has 28 heavy (non-hydrogen) atoms. The van der Waals surface area contributed by atoms with Crippen LogP contribution in [-0.4, -0.2) is 16.8 Å². The van der Waals surface area contributed by atoms with Gasteiger partial charge in [-0.2, -0.15) is 0 Å². The summed E-state index contributed by atoms with van der Waals surface area (Å²) in [4.78, 5) is 28.9. The molecule has 2 amide bonds. The van der Waals surface area contributed by atoms with Crippen LogP contribution in [0.1, 0.15) is 51.6 Å². The summed E-state index contributed by atoms with van der Waals surface area (Å²) >= 11 is 0. The van der Waals surface area contributed by atoms with Crippen LogP contribution >= 0.6 is 0 Å². The summed E-state index contributed by atoms with van der Waals surface area (Å²) in [5, 5.41) is 5.72. The maximum atomic E-state index is 12.5. The molecule has 0 bridgehead atoms. The van der Waals surface area contributed by atoms with Crippen LogP contribution in [0.4, 0.5) is 5.69 Å². The smallest absolute Gasteiger partial charge is 0.255 e. The first-order valence-electron chi connectivity index (χ1n) is 9.21. The van der Waals surface area contributed by atoms with Gasteiger partial charge in [0.25, 0.3) is 11.8 Å². The average Bonchev–Trinajstić information content (AvgIpc) is 2.73. The van der Waals surface area contributed by atoms with Crippen molar-refractivity contribution in [2.75, 3.05) is 5.32 Å². The number of carbonyl (C=O) groups is 2. The Kier molecular flexibility index (Phi) is 6.17. The Bertz CT molecular complexity index is 951. The summed E-state index contributed by atoms with van der Waals surface area (Å²) in [5.74, 6) is -0.0408. The van der Waals surface area contributed by atoms with Crippen LogP contribution in [0.25, 0.3) is 0 Å². The highest BCUT2D eigenvalue weighted by molar-refractivity contribution is 6.06. The first kappa shape index (κ1) is 19.3. The van der Waals surface area contributed by atoms with Gasteiger partial charge >= 0.3 is 0 Å². The van der Waals surface area contributed by atoms with Gasteiger partial charge in [-0.3, -0.25) is 14.6 Å². The van der Waals surface area contributed by atoms with Crippen molar-refractivity contribution in [3.8, 4) is 0 Å². The van der Waals surface area contributed by atoms with E-state index < -0.39 is 0 Å². The van der Waals surface area contributed by atoms with Gasteiger partial charge in [0.2, 0.25) is 0 Å². The minimum Gasteiger partial charge on any atom is -0.348 e. The van der Waals surface area contributed by atoms with Crippen molar-refractivity contribution in [1.82, 2.24) is 10.3 Å². The molecule has 1 aromatic heterocycles. The molecule has 0 aliphatic heterocycles. The molecule has 3 aromatic rings. The molecule has 0 aliphatic carbocycles. The number of nitrogens with one attached hydrogen (secondary N) is 2. The molecule has 0 fully saturated rings. The van der Waals surface area contributed by atoms with Crippen molar-refractivity contribution in [1.29, 1.82) is 0 Å². The van der Waals surface area contributed by atoms with E-state index in [9.17, 15) is 9.59 Å². The normalized spacial score (nSPS) is 10.5. The van der Waals surface area contributed by atoms with E-state index in [-0.39, 0.29) is 11.8 Å². The molecular weight excluding hydrogens is 350 g/mol. The SMILES string of the molecule is CC(C)c1ccc(NC(=O)c2cccc(C(=O)NCc3ccncc3)c2)cc1. The average molecular weight is 373 g/mol. The Balaban J connectivity index is 1.64. The standard InChI is InChI=1S/C23H23N3O2/c1-16(2)18-6-8-21(9-7-18)26-23(28)20-5-3-4-19(14-20)22(27)25-15-17-10-12-24-13-11-17/h3-14,16H,15H2,1-2H3,(H,25,27)(H,26,28). The summed E-state index contributed by atoms with van der Waals surface area (Å²) in [6.07, 6.45) is 3.36. The van der Waals surface area contributed by atoms with Crippen LogP contribution < -0.4 is 10.6 Å². The third-order valence-electron chi connectivity index (χ3n) is 4.42. The summed E-state index contributed by atoms with van der Waals surface area (Å²) in [6, 6.07) is 18.2. The number of aromatic nitrogens is 1. The minimum atomic E-state index is -0.249. The largest absolute Gasteiger partial charge is 0.348 e. The number of amides is 2. The number of hydrogen-bond acceptors (Lipinski definition) is 3. The van der Waals surface area contributed by atoms with E-state index in [2.05, 4.69) is 29.5 Å². The van der Waals surface area contributed by atoms with Crippen molar-refractivity contribution in [2.45, 2.75) is 26.3 Å². The highest BCUT2D eigenvalue weighted by Crippen LogP contribution is 2.18. The molecule has 3 rings (SSSR count). The highest BCUT2D eigenvalue weighted by Gasteiger charge is 2.11. The van der Waals surface area contributed by atoms with Gasteiger partial charge in [-0.15, -0.1) is 0 Å². The zero-order chi connectivity index (χ0) is 19.9. The first-order valence-corrected chi connectivity index (χ1v) is 9.21. The molecule has 0 atom stereocenters. The predicted octanol–water partition coefficient (Wildman–Crippen LogP) is 4.39. The van der Waals surface area contributed by atoms with E-state index in [0.29, 0.717) is 23.6 Å². The lowest BCUT2D eigenvalue weighted by atomic mass is 10.0. The topological polar surface area (TPSA) is 71.1 Å². The van der Waals surface area contributed by atoms with Crippen molar-refractivity contribution >= 4 is 17.5 Å². The fourth-order valence-electron chi connectivity index (χ4n) is 2.74. The van der Waals surface area contributed by atoms with Gasteiger partial charge in [0.15, 0.2) is 0 Å². The Labute approximate surface area is 164 Å². The molecule has 0 saturated heterocycles. The third kappa shape index (κ3) is 5.04. The number of rotatable bonds is 6. The van der Waals surface area contributed by atoms with E-state index in [1.807, 2.05) is 36.4 Å². The number of carbonyl (C=O) groups excluding carboxylic acids is 2. The van der Waals surface area contributed by atoms with Crippen LogP contribution in [0.2, 0.25) is 0 Å². The maximum Gasteiger partial charge on any atom is 0.255 e. The van der Waals surface area contributed by atoms with Gasteiger partial charge < -0.3 is 10.6 Å². The molecule has 142 valence electrons. The van der Waals surface area contributed by atoms with Gasteiger partial charge in [0.1, 0.15) is 0 Å². The Morgan fingerprint density at radius 3 is 2.18 bits per heavy atom. The van der Waals surface area contributed by atoms with Gasteiger partial charge in [-0.05, 0) is 59.5 Å². The number of pyridine rings is 1. The lowest BCUT2D eigenvalue weighted by Gasteiger charge is -2.10. The monoisotopic (exact) mass is 373 g/mol. The number of anilines is 1. The molecule has 0 saturated carbocycles. The molecule has 5 nitrogen and oxygen atoms in total. The Morgan fingerprint density at radius 2 is 1.54 bits per heavy atom. The lowest BCUT2D eigenvalue weighted by Crippen LogP contribution is -2.23. The molecular formula is C23H23N3O2. The molecule has 0 radical (unpaired) electrons. The van der Waals surface area contributed by atoms with Gasteiger partial charge in [-0.1, -0.05) is 32.0 Å². The van der Waals surface area contributed by atoms with Crippen molar-refractivity contribution in [3.05, 3.63) is 95.3 Å². The number of hydrogen-bond donors (Lipinski definition) is 2. The fourth-order valence-corrected chi connectivity index (χ4v) is 2.74. The molecule has 1 heterocycles.